The Morgan fingerprint density at radius 3 is 2.76 bits per heavy atom. The fourth-order valence-corrected chi connectivity index (χ4v) is 4.83. The van der Waals surface area contributed by atoms with Crippen molar-refractivity contribution in [1.29, 1.82) is 0 Å². The molecule has 174 valence electrons. The molecule has 33 heavy (non-hydrogen) atoms. The molecule has 1 aromatic carbocycles. The van der Waals surface area contributed by atoms with Crippen molar-refractivity contribution in [3.8, 4) is 11.3 Å². The summed E-state index contributed by atoms with van der Waals surface area (Å²) in [6.07, 6.45) is 2.09. The topological polar surface area (TPSA) is 76.4 Å². The fraction of sp³-hybridized carbons (Fsp3) is 0.375. The Hall–Kier alpha value is -2.66. The van der Waals surface area contributed by atoms with Crippen LogP contribution in [0.15, 0.2) is 36.5 Å². The van der Waals surface area contributed by atoms with Crippen LogP contribution in [0.5, 0.6) is 0 Å². The minimum absolute atomic E-state index is 0.0381. The van der Waals surface area contributed by atoms with E-state index in [0.717, 1.165) is 31.7 Å². The molecule has 0 radical (unpaired) electrons. The van der Waals surface area contributed by atoms with Gasteiger partial charge in [0.15, 0.2) is 0 Å². The number of carbonyl (C=O) groups excluding carboxylic acids is 2. The van der Waals surface area contributed by atoms with Gasteiger partial charge in [0.25, 0.3) is 5.91 Å². The molecule has 0 N–H and O–H groups in total. The smallest absolute Gasteiger partial charge is 0.409 e. The molecule has 0 unspecified atom stereocenters. The second-order valence-corrected chi connectivity index (χ2v) is 9.51. The van der Waals surface area contributed by atoms with E-state index >= 15 is 0 Å². The van der Waals surface area contributed by atoms with Crippen LogP contribution in [-0.4, -0.2) is 78.2 Å². The number of aryl methyl sites for hydroxylation is 1. The number of methoxy groups -OCH3 is 1. The number of imidazole rings is 1. The van der Waals surface area contributed by atoms with Crippen LogP contribution in [0.4, 0.5) is 4.79 Å². The first-order valence-corrected chi connectivity index (χ1v) is 11.8. The molecule has 3 aromatic rings. The highest BCUT2D eigenvalue weighted by Gasteiger charge is 2.28. The van der Waals surface area contributed by atoms with E-state index in [4.69, 9.17) is 14.5 Å². The second kappa shape index (κ2) is 9.68. The number of carbonyl (C=O) groups is 2. The molecule has 0 bridgehead atoms. The minimum Gasteiger partial charge on any atom is -0.453 e. The Kier molecular flexibility index (Phi) is 6.89. The van der Waals surface area contributed by atoms with E-state index < -0.39 is 0 Å². The second-order valence-electron chi connectivity index (χ2n) is 8.35. The van der Waals surface area contributed by atoms with Gasteiger partial charge in [-0.2, -0.15) is 0 Å². The lowest BCUT2D eigenvalue weighted by molar-refractivity contribution is -0.0241. The third kappa shape index (κ3) is 4.84. The van der Waals surface area contributed by atoms with E-state index in [1.165, 1.54) is 7.11 Å². The van der Waals surface area contributed by atoms with Crippen LogP contribution in [0.3, 0.4) is 0 Å². The predicted molar refractivity (Wildman–Crippen MR) is 134 cm³/mol. The molecule has 9 heteroatoms. The van der Waals surface area contributed by atoms with Crippen molar-refractivity contribution in [3.63, 3.8) is 0 Å². The first-order valence-electron chi connectivity index (χ1n) is 10.7. The number of aromatic nitrogens is 2. The Morgan fingerprint density at radius 1 is 1.27 bits per heavy atom. The van der Waals surface area contributed by atoms with Gasteiger partial charge in [0.1, 0.15) is 5.65 Å². The number of fused-ring (bicyclic) bond motifs is 1. The van der Waals surface area contributed by atoms with Crippen LogP contribution in [0.2, 0.25) is 0 Å². The highest BCUT2D eigenvalue weighted by molar-refractivity contribution is 14.1. The van der Waals surface area contributed by atoms with Crippen molar-refractivity contribution in [1.82, 2.24) is 19.2 Å². The quantitative estimate of drug-likeness (QED) is 0.455. The number of amides is 2. The molecule has 0 aliphatic carbocycles. The number of halogens is 1. The number of rotatable bonds is 4. The lowest BCUT2D eigenvalue weighted by atomic mass is 10.0. The van der Waals surface area contributed by atoms with Crippen molar-refractivity contribution in [2.45, 2.75) is 19.4 Å². The predicted octanol–water partition coefficient (Wildman–Crippen LogP) is 3.63. The van der Waals surface area contributed by atoms with Crippen molar-refractivity contribution in [2.24, 2.45) is 0 Å². The maximum Gasteiger partial charge on any atom is 0.409 e. The summed E-state index contributed by atoms with van der Waals surface area (Å²) in [4.78, 5) is 32.6. The first kappa shape index (κ1) is 23.5. The van der Waals surface area contributed by atoms with E-state index in [1.54, 1.807) is 23.9 Å². The number of morpholine rings is 1. The third-order valence-electron chi connectivity index (χ3n) is 5.75. The highest BCUT2D eigenvalue weighted by atomic mass is 127. The number of hydrogen-bond acceptors (Lipinski definition) is 5. The van der Waals surface area contributed by atoms with Crippen LogP contribution in [0, 0.1) is 10.5 Å². The molecule has 1 atom stereocenters. The van der Waals surface area contributed by atoms with Gasteiger partial charge in [-0.1, -0.05) is 6.07 Å². The molecule has 1 aliphatic heterocycles. The minimum atomic E-state index is -0.340. The average molecular weight is 562 g/mol. The van der Waals surface area contributed by atoms with Gasteiger partial charge in [-0.15, -0.1) is 0 Å². The van der Waals surface area contributed by atoms with Crippen LogP contribution in [0.25, 0.3) is 16.9 Å². The van der Waals surface area contributed by atoms with Crippen molar-refractivity contribution in [3.05, 3.63) is 56.9 Å². The van der Waals surface area contributed by atoms with Crippen LogP contribution in [-0.2, 0) is 15.9 Å². The summed E-state index contributed by atoms with van der Waals surface area (Å²) in [5, 5.41) is 0. The van der Waals surface area contributed by atoms with Gasteiger partial charge in [0.05, 0.1) is 37.8 Å². The standard InChI is InChI=1S/C24H27IN4O4/c1-15-7-8-29-20(13-17-14-28(9-10-33-17)24(31)32-4)22(26-21(29)11-15)18-6-5-16(12-19(18)25)23(30)27(2)3/h5-8,11-12,17H,9-10,13-14H2,1-4H3/t17-/m0/s1. The van der Waals surface area contributed by atoms with Crippen molar-refractivity contribution in [2.75, 3.05) is 40.9 Å². The zero-order chi connectivity index (χ0) is 23.7. The number of hydrogen-bond donors (Lipinski definition) is 0. The SMILES string of the molecule is COC(=O)N1CCO[C@@H](Cc2c(-c3ccc(C(=O)N(C)C)cc3I)nc3cc(C)ccn23)C1. The summed E-state index contributed by atoms with van der Waals surface area (Å²) >= 11 is 2.26. The van der Waals surface area contributed by atoms with Gasteiger partial charge in [-0.05, 0) is 59.3 Å². The summed E-state index contributed by atoms with van der Waals surface area (Å²) in [6.45, 7) is 3.47. The molecule has 1 fully saturated rings. The van der Waals surface area contributed by atoms with Gasteiger partial charge in [-0.3, -0.25) is 4.79 Å². The molecule has 0 spiro atoms. The summed E-state index contributed by atoms with van der Waals surface area (Å²) in [6, 6.07) is 9.79. The molecule has 2 amide bonds. The van der Waals surface area contributed by atoms with Gasteiger partial charge in [0, 0.05) is 48.0 Å². The van der Waals surface area contributed by atoms with E-state index in [-0.39, 0.29) is 18.1 Å². The number of nitrogens with zero attached hydrogens (tertiary/aromatic N) is 4. The number of ether oxygens (including phenoxy) is 2. The van der Waals surface area contributed by atoms with E-state index in [0.29, 0.717) is 31.7 Å². The molecule has 3 heterocycles. The lowest BCUT2D eigenvalue weighted by Crippen LogP contribution is -2.46. The summed E-state index contributed by atoms with van der Waals surface area (Å²) in [5.74, 6) is -0.0381. The maximum absolute atomic E-state index is 12.4. The summed E-state index contributed by atoms with van der Waals surface area (Å²) < 4.78 is 13.9. The van der Waals surface area contributed by atoms with E-state index in [9.17, 15) is 9.59 Å². The van der Waals surface area contributed by atoms with Crippen LogP contribution >= 0.6 is 22.6 Å². The largest absolute Gasteiger partial charge is 0.453 e. The number of benzene rings is 1. The molecular formula is C24H27IN4O4. The molecule has 8 nitrogen and oxygen atoms in total. The zero-order valence-corrected chi connectivity index (χ0v) is 21.3. The van der Waals surface area contributed by atoms with E-state index in [1.807, 2.05) is 43.5 Å². The highest BCUT2D eigenvalue weighted by Crippen LogP contribution is 2.31. The van der Waals surface area contributed by atoms with Crippen molar-refractivity contribution < 1.29 is 19.1 Å². The fourth-order valence-electron chi connectivity index (χ4n) is 4.06. The zero-order valence-electron chi connectivity index (χ0n) is 19.2. The summed E-state index contributed by atoms with van der Waals surface area (Å²) in [7, 11) is 4.88. The van der Waals surface area contributed by atoms with Crippen molar-refractivity contribution >= 4 is 40.2 Å². The molecule has 2 aromatic heterocycles. The average Bonchev–Trinajstić information content (AvgIpc) is 3.14. The van der Waals surface area contributed by atoms with Gasteiger partial charge in [0.2, 0.25) is 0 Å². The van der Waals surface area contributed by atoms with Crippen LogP contribution in [0.1, 0.15) is 21.6 Å². The van der Waals surface area contributed by atoms with Gasteiger partial charge < -0.3 is 23.7 Å². The molecule has 4 rings (SSSR count). The molecular weight excluding hydrogens is 535 g/mol. The Labute approximate surface area is 206 Å². The summed E-state index contributed by atoms with van der Waals surface area (Å²) in [5.41, 5.74) is 5.43. The monoisotopic (exact) mass is 562 g/mol. The van der Waals surface area contributed by atoms with Gasteiger partial charge in [-0.25, -0.2) is 9.78 Å². The molecule has 0 saturated carbocycles. The first-order chi connectivity index (χ1) is 15.8. The molecule has 1 aliphatic rings. The Morgan fingerprint density at radius 2 is 2.06 bits per heavy atom. The number of pyridine rings is 1. The normalized spacial score (nSPS) is 16.2. The molecule has 1 saturated heterocycles. The van der Waals surface area contributed by atoms with Gasteiger partial charge >= 0.3 is 6.09 Å². The Bertz CT molecular complexity index is 1210. The van der Waals surface area contributed by atoms with Crippen LogP contribution < -0.4 is 0 Å². The van der Waals surface area contributed by atoms with E-state index in [2.05, 4.69) is 27.0 Å². The third-order valence-corrected chi connectivity index (χ3v) is 6.64. The lowest BCUT2D eigenvalue weighted by Gasteiger charge is -2.32. The maximum atomic E-state index is 12.4. The Balaban J connectivity index is 1.74.